The Balaban J connectivity index is 0.00000420. The molecule has 1 aliphatic heterocycles. The summed E-state index contributed by atoms with van der Waals surface area (Å²) in [5.74, 6) is 0.709. The van der Waals surface area contributed by atoms with Crippen LogP contribution in [0.2, 0.25) is 0 Å². The molecule has 1 aliphatic rings. The van der Waals surface area contributed by atoms with Gasteiger partial charge < -0.3 is 25.0 Å². The number of ether oxygens (including phenoxy) is 2. The fourth-order valence-electron chi connectivity index (χ4n) is 3.40. The lowest BCUT2D eigenvalue weighted by atomic mass is 10.0. The average molecular weight is 428 g/mol. The molecule has 0 unspecified atom stereocenters. The van der Waals surface area contributed by atoms with Gasteiger partial charge in [-0.1, -0.05) is 6.92 Å². The zero-order valence-electron chi connectivity index (χ0n) is 17.8. The van der Waals surface area contributed by atoms with Crippen LogP contribution in [0.15, 0.2) is 18.2 Å². The van der Waals surface area contributed by atoms with E-state index in [1.165, 1.54) is 7.11 Å². The van der Waals surface area contributed by atoms with E-state index in [1.807, 2.05) is 18.7 Å². The molecule has 0 radical (unpaired) electrons. The third-order valence-corrected chi connectivity index (χ3v) is 4.69. The summed E-state index contributed by atoms with van der Waals surface area (Å²) in [7, 11) is 1.53. The SMILES string of the molecule is CCCN(C(=O)c1ccc(OCC(=O)NC(C)C)c(OC)c1)C1CCNCC1.Cl. The van der Waals surface area contributed by atoms with Crippen LogP contribution in [0.5, 0.6) is 11.5 Å². The summed E-state index contributed by atoms with van der Waals surface area (Å²) < 4.78 is 11.0. The number of carbonyl (C=O) groups is 2. The van der Waals surface area contributed by atoms with Crippen LogP contribution in [-0.2, 0) is 4.79 Å². The van der Waals surface area contributed by atoms with Crippen molar-refractivity contribution in [2.24, 2.45) is 0 Å². The van der Waals surface area contributed by atoms with Gasteiger partial charge in [-0.05, 0) is 64.4 Å². The topological polar surface area (TPSA) is 79.9 Å². The van der Waals surface area contributed by atoms with Gasteiger partial charge >= 0.3 is 0 Å². The predicted molar refractivity (Wildman–Crippen MR) is 116 cm³/mol. The molecular formula is C21H34ClN3O4. The molecule has 2 rings (SSSR count). The molecule has 0 atom stereocenters. The Morgan fingerprint density at radius 3 is 2.52 bits per heavy atom. The van der Waals surface area contributed by atoms with E-state index >= 15 is 0 Å². The van der Waals surface area contributed by atoms with Crippen LogP contribution in [0.4, 0.5) is 0 Å². The highest BCUT2D eigenvalue weighted by atomic mass is 35.5. The third-order valence-electron chi connectivity index (χ3n) is 4.69. The molecule has 1 heterocycles. The van der Waals surface area contributed by atoms with Crippen molar-refractivity contribution in [1.29, 1.82) is 0 Å². The Kier molecular flexibility index (Phi) is 10.8. The first-order chi connectivity index (χ1) is 13.5. The largest absolute Gasteiger partial charge is 0.493 e. The molecule has 1 aromatic rings. The van der Waals surface area contributed by atoms with E-state index in [4.69, 9.17) is 9.47 Å². The van der Waals surface area contributed by atoms with Gasteiger partial charge in [-0.3, -0.25) is 9.59 Å². The molecule has 1 fully saturated rings. The molecule has 0 bridgehead atoms. The molecule has 0 aliphatic carbocycles. The highest BCUT2D eigenvalue weighted by Crippen LogP contribution is 2.29. The third kappa shape index (κ3) is 7.40. The Morgan fingerprint density at radius 1 is 1.24 bits per heavy atom. The van der Waals surface area contributed by atoms with Gasteiger partial charge in [-0.2, -0.15) is 0 Å². The maximum atomic E-state index is 13.1. The summed E-state index contributed by atoms with van der Waals surface area (Å²) in [5.41, 5.74) is 0.572. The molecule has 0 saturated carbocycles. The number of piperidine rings is 1. The van der Waals surface area contributed by atoms with E-state index in [-0.39, 0.29) is 42.9 Å². The van der Waals surface area contributed by atoms with Crippen molar-refractivity contribution >= 4 is 24.2 Å². The smallest absolute Gasteiger partial charge is 0.258 e. The molecule has 1 aromatic carbocycles. The minimum Gasteiger partial charge on any atom is -0.493 e. The Hall–Kier alpha value is -1.99. The van der Waals surface area contributed by atoms with E-state index in [2.05, 4.69) is 17.6 Å². The van der Waals surface area contributed by atoms with Gasteiger partial charge in [0.1, 0.15) is 0 Å². The summed E-state index contributed by atoms with van der Waals surface area (Å²) >= 11 is 0. The fraction of sp³-hybridized carbons (Fsp3) is 0.619. The van der Waals surface area contributed by atoms with E-state index in [9.17, 15) is 9.59 Å². The molecule has 2 amide bonds. The quantitative estimate of drug-likeness (QED) is 0.633. The lowest BCUT2D eigenvalue weighted by Crippen LogP contribution is -2.46. The summed E-state index contributed by atoms with van der Waals surface area (Å²) in [6.07, 6.45) is 2.85. The number of carbonyl (C=O) groups excluding carboxylic acids is 2. The van der Waals surface area contributed by atoms with Crippen LogP contribution in [0.25, 0.3) is 0 Å². The lowest BCUT2D eigenvalue weighted by molar-refractivity contribution is -0.123. The molecule has 0 aromatic heterocycles. The van der Waals surface area contributed by atoms with Gasteiger partial charge in [-0.15, -0.1) is 12.4 Å². The first-order valence-electron chi connectivity index (χ1n) is 10.1. The van der Waals surface area contributed by atoms with Gasteiger partial charge in [0.2, 0.25) is 0 Å². The zero-order chi connectivity index (χ0) is 20.5. The number of nitrogens with one attached hydrogen (secondary N) is 2. The maximum Gasteiger partial charge on any atom is 0.258 e. The number of methoxy groups -OCH3 is 1. The summed E-state index contributed by atoms with van der Waals surface area (Å²) in [4.78, 5) is 26.9. The van der Waals surface area contributed by atoms with Crippen molar-refractivity contribution in [1.82, 2.24) is 15.5 Å². The Labute approximate surface area is 179 Å². The van der Waals surface area contributed by atoms with E-state index < -0.39 is 0 Å². The Bertz CT molecular complexity index is 663. The monoisotopic (exact) mass is 427 g/mol. The predicted octanol–water partition coefficient (Wildman–Crippen LogP) is 2.62. The number of amides is 2. The minimum absolute atomic E-state index is 0. The number of benzene rings is 1. The zero-order valence-corrected chi connectivity index (χ0v) is 18.6. The second kappa shape index (κ2) is 12.5. The molecule has 0 spiro atoms. The lowest BCUT2D eigenvalue weighted by Gasteiger charge is -2.34. The van der Waals surface area contributed by atoms with E-state index in [0.29, 0.717) is 17.1 Å². The van der Waals surface area contributed by atoms with Gasteiger partial charge in [0.25, 0.3) is 11.8 Å². The molecule has 7 nitrogen and oxygen atoms in total. The van der Waals surface area contributed by atoms with Gasteiger partial charge in [0.15, 0.2) is 18.1 Å². The summed E-state index contributed by atoms with van der Waals surface area (Å²) in [5, 5.41) is 6.12. The van der Waals surface area contributed by atoms with E-state index in [0.717, 1.165) is 38.9 Å². The Morgan fingerprint density at radius 2 is 1.93 bits per heavy atom. The van der Waals surface area contributed by atoms with Crippen molar-refractivity contribution in [3.8, 4) is 11.5 Å². The number of nitrogens with zero attached hydrogens (tertiary/aromatic N) is 1. The number of halogens is 1. The average Bonchev–Trinajstić information content (AvgIpc) is 2.70. The first-order valence-corrected chi connectivity index (χ1v) is 10.1. The number of hydrogen-bond donors (Lipinski definition) is 2. The van der Waals surface area contributed by atoms with Crippen LogP contribution >= 0.6 is 12.4 Å². The van der Waals surface area contributed by atoms with E-state index in [1.54, 1.807) is 18.2 Å². The minimum atomic E-state index is -0.197. The van der Waals surface area contributed by atoms with Crippen LogP contribution in [0.1, 0.15) is 50.4 Å². The molecule has 164 valence electrons. The summed E-state index contributed by atoms with van der Waals surface area (Å²) in [6.45, 7) is 8.38. The molecule has 2 N–H and O–H groups in total. The standard InChI is InChI=1S/C21H33N3O4.ClH/c1-5-12-24(17-8-10-22-11-9-17)21(26)16-6-7-18(19(13-16)27-4)28-14-20(25)23-15(2)3;/h6-7,13,15,17,22H,5,8-12,14H2,1-4H3,(H,23,25);1H. The van der Waals surface area contributed by atoms with Crippen molar-refractivity contribution in [3.63, 3.8) is 0 Å². The molecule has 8 heteroatoms. The van der Waals surface area contributed by atoms with Crippen molar-refractivity contribution in [2.75, 3.05) is 33.4 Å². The molecule has 29 heavy (non-hydrogen) atoms. The highest BCUT2D eigenvalue weighted by Gasteiger charge is 2.26. The maximum absolute atomic E-state index is 13.1. The van der Waals surface area contributed by atoms with Crippen molar-refractivity contribution in [3.05, 3.63) is 23.8 Å². The first kappa shape index (κ1) is 25.0. The van der Waals surface area contributed by atoms with Crippen LogP contribution in [0, 0.1) is 0 Å². The highest BCUT2D eigenvalue weighted by molar-refractivity contribution is 5.95. The van der Waals surface area contributed by atoms with Crippen LogP contribution in [-0.4, -0.2) is 62.1 Å². The second-order valence-electron chi connectivity index (χ2n) is 7.36. The van der Waals surface area contributed by atoms with Crippen LogP contribution in [0.3, 0.4) is 0 Å². The number of hydrogen-bond acceptors (Lipinski definition) is 5. The number of rotatable bonds is 9. The van der Waals surface area contributed by atoms with Gasteiger partial charge in [0, 0.05) is 24.2 Å². The second-order valence-corrected chi connectivity index (χ2v) is 7.36. The summed E-state index contributed by atoms with van der Waals surface area (Å²) in [6, 6.07) is 5.45. The van der Waals surface area contributed by atoms with Gasteiger partial charge in [-0.25, -0.2) is 0 Å². The van der Waals surface area contributed by atoms with Crippen molar-refractivity contribution in [2.45, 2.75) is 52.1 Å². The van der Waals surface area contributed by atoms with Crippen molar-refractivity contribution < 1.29 is 19.1 Å². The molecular weight excluding hydrogens is 394 g/mol. The fourth-order valence-corrected chi connectivity index (χ4v) is 3.40. The van der Waals surface area contributed by atoms with Crippen LogP contribution < -0.4 is 20.1 Å². The van der Waals surface area contributed by atoms with Gasteiger partial charge in [0.05, 0.1) is 7.11 Å². The normalized spacial score (nSPS) is 14.1. The molecule has 1 saturated heterocycles.